The highest BCUT2D eigenvalue weighted by molar-refractivity contribution is 6.33. The molecule has 2 bridgehead atoms. The molecular weight excluding hydrogens is 326 g/mol. The summed E-state index contributed by atoms with van der Waals surface area (Å²) in [6.45, 7) is 0. The van der Waals surface area contributed by atoms with Crippen molar-refractivity contribution < 1.29 is 9.90 Å². The topological polar surface area (TPSA) is 58.4 Å². The summed E-state index contributed by atoms with van der Waals surface area (Å²) in [5, 5.41) is 11.6. The summed E-state index contributed by atoms with van der Waals surface area (Å²) < 4.78 is 1.87. The highest BCUT2D eigenvalue weighted by Crippen LogP contribution is 2.45. The van der Waals surface area contributed by atoms with Crippen LogP contribution in [-0.2, 0) is 12.6 Å². The summed E-state index contributed by atoms with van der Waals surface area (Å²) in [6, 6.07) is 7.21. The van der Waals surface area contributed by atoms with Crippen molar-refractivity contribution in [3.8, 4) is 0 Å². The van der Waals surface area contributed by atoms with Gasteiger partial charge in [0.1, 0.15) is 11.4 Å². The molecule has 6 heteroatoms. The molecule has 0 radical (unpaired) electrons. The van der Waals surface area contributed by atoms with Crippen LogP contribution in [0.5, 0.6) is 0 Å². The van der Waals surface area contributed by atoms with E-state index >= 15 is 0 Å². The molecule has 0 saturated carbocycles. The summed E-state index contributed by atoms with van der Waals surface area (Å²) in [4.78, 5) is 19.3. The zero-order chi connectivity index (χ0) is 16.9. The zero-order valence-electron chi connectivity index (χ0n) is 13.5. The number of halogens is 1. The van der Waals surface area contributed by atoms with Crippen LogP contribution in [0.15, 0.2) is 36.7 Å². The van der Waals surface area contributed by atoms with E-state index in [0.29, 0.717) is 29.3 Å². The van der Waals surface area contributed by atoms with E-state index < -0.39 is 5.60 Å². The summed E-state index contributed by atoms with van der Waals surface area (Å²) in [5.74, 6) is 0.652. The summed E-state index contributed by atoms with van der Waals surface area (Å²) >= 11 is 6.20. The van der Waals surface area contributed by atoms with Crippen molar-refractivity contribution in [1.82, 2.24) is 14.5 Å². The van der Waals surface area contributed by atoms with E-state index in [1.807, 2.05) is 34.8 Å². The summed E-state index contributed by atoms with van der Waals surface area (Å²) in [5.41, 5.74) is -0.431. The Hall–Kier alpha value is -1.85. The zero-order valence-corrected chi connectivity index (χ0v) is 14.3. The number of rotatable bonds is 2. The Kier molecular flexibility index (Phi) is 3.66. The predicted molar refractivity (Wildman–Crippen MR) is 90.8 cm³/mol. The Morgan fingerprint density at radius 2 is 1.96 bits per heavy atom. The van der Waals surface area contributed by atoms with Crippen LogP contribution in [0.3, 0.4) is 0 Å². The summed E-state index contributed by atoms with van der Waals surface area (Å²) in [7, 11) is 1.89. The normalized spacial score (nSPS) is 29.0. The van der Waals surface area contributed by atoms with Crippen molar-refractivity contribution in [1.29, 1.82) is 0 Å². The van der Waals surface area contributed by atoms with E-state index in [1.54, 1.807) is 18.3 Å². The Balaban J connectivity index is 1.63. The van der Waals surface area contributed by atoms with Gasteiger partial charge in [0.2, 0.25) is 0 Å². The number of imidazole rings is 1. The van der Waals surface area contributed by atoms with Gasteiger partial charge in [0.05, 0.1) is 10.6 Å². The average molecular weight is 346 g/mol. The molecule has 3 heterocycles. The molecule has 126 valence electrons. The molecule has 2 aliphatic rings. The van der Waals surface area contributed by atoms with E-state index in [-0.39, 0.29) is 18.0 Å². The maximum absolute atomic E-state index is 13.0. The number of carbonyl (C=O) groups excluding carboxylic acids is 1. The van der Waals surface area contributed by atoms with Gasteiger partial charge in [0.25, 0.3) is 5.91 Å². The number of fused-ring (bicyclic) bond motifs is 2. The molecule has 1 amide bonds. The number of hydrogen-bond donors (Lipinski definition) is 1. The third kappa shape index (κ3) is 2.34. The fourth-order valence-electron chi connectivity index (χ4n) is 4.33. The molecule has 5 nitrogen and oxygen atoms in total. The second-order valence-corrected chi connectivity index (χ2v) is 7.29. The number of aromatic nitrogens is 2. The minimum Gasteiger partial charge on any atom is -0.382 e. The van der Waals surface area contributed by atoms with Gasteiger partial charge in [-0.3, -0.25) is 4.79 Å². The van der Waals surface area contributed by atoms with Crippen LogP contribution < -0.4 is 0 Å². The van der Waals surface area contributed by atoms with Crippen molar-refractivity contribution in [2.75, 3.05) is 0 Å². The second kappa shape index (κ2) is 5.60. The monoisotopic (exact) mass is 345 g/mol. The molecule has 2 saturated heterocycles. The van der Waals surface area contributed by atoms with Crippen LogP contribution in [0.4, 0.5) is 0 Å². The van der Waals surface area contributed by atoms with Gasteiger partial charge >= 0.3 is 0 Å². The quantitative estimate of drug-likeness (QED) is 0.910. The SMILES string of the molecule is Cn1ccnc1C1(O)C[C@@H]2CC[C@@H](C1)N2C(=O)c1ccccc1Cl. The Morgan fingerprint density at radius 1 is 1.29 bits per heavy atom. The molecule has 2 aromatic rings. The number of benzene rings is 1. The highest BCUT2D eigenvalue weighted by atomic mass is 35.5. The number of nitrogens with zero attached hydrogens (tertiary/aromatic N) is 3. The first-order valence-corrected chi connectivity index (χ1v) is 8.65. The first-order chi connectivity index (χ1) is 11.5. The van der Waals surface area contributed by atoms with E-state index in [1.165, 1.54) is 0 Å². The number of hydrogen-bond acceptors (Lipinski definition) is 3. The Bertz CT molecular complexity index is 774. The van der Waals surface area contributed by atoms with Gasteiger partial charge in [0, 0.05) is 44.4 Å². The van der Waals surface area contributed by atoms with E-state index in [4.69, 9.17) is 11.6 Å². The minimum atomic E-state index is -0.971. The van der Waals surface area contributed by atoms with Gasteiger partial charge in [-0.05, 0) is 25.0 Å². The standard InChI is InChI=1S/C18H20ClN3O2/c1-21-9-8-20-17(21)18(24)10-12-6-7-13(11-18)22(12)16(23)14-4-2-3-5-15(14)19/h2-5,8-9,12-13,24H,6-7,10-11H2,1H3/t12-,13-/m0/s1. The van der Waals surface area contributed by atoms with Crippen LogP contribution in [0.2, 0.25) is 5.02 Å². The Labute approximate surface area is 145 Å². The summed E-state index contributed by atoms with van der Waals surface area (Å²) in [6.07, 6.45) is 6.41. The number of amides is 1. The first-order valence-electron chi connectivity index (χ1n) is 8.27. The number of aliphatic hydroxyl groups is 1. The molecule has 1 aromatic carbocycles. The van der Waals surface area contributed by atoms with Crippen molar-refractivity contribution in [3.63, 3.8) is 0 Å². The molecular formula is C18H20ClN3O2. The molecule has 24 heavy (non-hydrogen) atoms. The molecule has 1 aromatic heterocycles. The molecule has 1 N–H and O–H groups in total. The number of aryl methyl sites for hydroxylation is 1. The lowest BCUT2D eigenvalue weighted by Crippen LogP contribution is -2.52. The molecule has 2 atom stereocenters. The largest absolute Gasteiger partial charge is 0.382 e. The fourth-order valence-corrected chi connectivity index (χ4v) is 4.54. The highest BCUT2D eigenvalue weighted by Gasteiger charge is 2.51. The van der Waals surface area contributed by atoms with Crippen LogP contribution >= 0.6 is 11.6 Å². The van der Waals surface area contributed by atoms with E-state index in [9.17, 15) is 9.90 Å². The van der Waals surface area contributed by atoms with Crippen molar-refractivity contribution in [3.05, 3.63) is 53.1 Å². The van der Waals surface area contributed by atoms with Crippen molar-refractivity contribution >= 4 is 17.5 Å². The first kappa shape index (κ1) is 15.7. The van der Waals surface area contributed by atoms with Crippen molar-refractivity contribution in [2.24, 2.45) is 7.05 Å². The lowest BCUT2D eigenvalue weighted by Gasteiger charge is -2.43. The fraction of sp³-hybridized carbons (Fsp3) is 0.444. The molecule has 0 aliphatic carbocycles. The molecule has 0 unspecified atom stereocenters. The van der Waals surface area contributed by atoms with E-state index in [0.717, 1.165) is 12.8 Å². The van der Waals surface area contributed by atoms with Gasteiger partial charge in [0.15, 0.2) is 0 Å². The maximum Gasteiger partial charge on any atom is 0.255 e. The van der Waals surface area contributed by atoms with Crippen LogP contribution in [-0.4, -0.2) is 37.5 Å². The van der Waals surface area contributed by atoms with Crippen LogP contribution in [0.25, 0.3) is 0 Å². The molecule has 0 spiro atoms. The smallest absolute Gasteiger partial charge is 0.255 e. The van der Waals surface area contributed by atoms with Gasteiger partial charge in [-0.15, -0.1) is 0 Å². The third-order valence-corrected chi connectivity index (χ3v) is 5.67. The van der Waals surface area contributed by atoms with Gasteiger partial charge < -0.3 is 14.6 Å². The Morgan fingerprint density at radius 3 is 2.54 bits per heavy atom. The van der Waals surface area contributed by atoms with Gasteiger partial charge in [-0.1, -0.05) is 23.7 Å². The lowest BCUT2D eigenvalue weighted by atomic mass is 9.85. The molecule has 4 rings (SSSR count). The van der Waals surface area contributed by atoms with Crippen LogP contribution in [0.1, 0.15) is 41.9 Å². The number of carbonyl (C=O) groups is 1. The average Bonchev–Trinajstić information content (AvgIpc) is 3.10. The third-order valence-electron chi connectivity index (χ3n) is 5.34. The van der Waals surface area contributed by atoms with Gasteiger partial charge in [-0.2, -0.15) is 0 Å². The second-order valence-electron chi connectivity index (χ2n) is 6.88. The van der Waals surface area contributed by atoms with E-state index in [2.05, 4.69) is 4.98 Å². The molecule has 2 fully saturated rings. The van der Waals surface area contributed by atoms with Crippen LogP contribution in [0, 0.1) is 0 Å². The molecule has 2 aliphatic heterocycles. The number of piperidine rings is 1. The van der Waals surface area contributed by atoms with Gasteiger partial charge in [-0.25, -0.2) is 4.98 Å². The minimum absolute atomic E-state index is 0.0224. The maximum atomic E-state index is 13.0. The lowest BCUT2D eigenvalue weighted by molar-refractivity contribution is -0.0555. The van der Waals surface area contributed by atoms with Crippen molar-refractivity contribution in [2.45, 2.75) is 43.4 Å². The predicted octanol–water partition coefficient (Wildman–Crippen LogP) is 2.73.